The van der Waals surface area contributed by atoms with Crippen molar-refractivity contribution in [1.82, 2.24) is 24.9 Å². The zero-order valence-corrected chi connectivity index (χ0v) is 18.2. The molecule has 4 N–H and O–H groups in total. The van der Waals surface area contributed by atoms with Crippen LogP contribution in [-0.4, -0.2) is 55.2 Å². The van der Waals surface area contributed by atoms with E-state index in [2.05, 4.69) is 31.0 Å². The quantitative estimate of drug-likeness (QED) is 0.401. The highest BCUT2D eigenvalue weighted by atomic mass is 19.1. The van der Waals surface area contributed by atoms with Crippen LogP contribution in [0.2, 0.25) is 0 Å². The number of aromatic nitrogens is 4. The summed E-state index contributed by atoms with van der Waals surface area (Å²) in [7, 11) is 0. The first-order valence-corrected chi connectivity index (χ1v) is 10.8. The average molecular weight is 446 g/mol. The Morgan fingerprint density at radius 3 is 2.84 bits per heavy atom. The van der Waals surface area contributed by atoms with Crippen LogP contribution in [0.3, 0.4) is 0 Å². The van der Waals surface area contributed by atoms with Gasteiger partial charge in [-0.2, -0.15) is 0 Å². The number of rotatable bonds is 9. The predicted octanol–water partition coefficient (Wildman–Crippen LogP) is 3.37. The standard InChI is InChI=1S/C22H29F2N7O/c1-22(2,32)18(24)13-25-11-14-12-27-20(10-17(14)28-16-5-3-4-15(16)23)29-19-6-7-21-26-8-9-31(21)30-19/h6-10,12,15-16,18,25,32H,3-5,11,13H2,1-2H3,(H2,27,28,29,30). The van der Waals surface area contributed by atoms with Crippen LogP contribution in [0.1, 0.15) is 38.7 Å². The molecule has 10 heteroatoms. The number of hydrogen-bond donors (Lipinski definition) is 4. The summed E-state index contributed by atoms with van der Waals surface area (Å²) >= 11 is 0. The third kappa shape index (κ3) is 5.31. The van der Waals surface area contributed by atoms with Crippen molar-refractivity contribution in [3.8, 4) is 0 Å². The fraction of sp³-hybridized carbons (Fsp3) is 0.500. The van der Waals surface area contributed by atoms with Crippen molar-refractivity contribution in [3.05, 3.63) is 42.4 Å². The molecular weight excluding hydrogens is 416 g/mol. The van der Waals surface area contributed by atoms with Crippen molar-refractivity contribution in [2.75, 3.05) is 17.2 Å². The minimum Gasteiger partial charge on any atom is -0.387 e. The molecule has 172 valence electrons. The van der Waals surface area contributed by atoms with E-state index in [0.29, 0.717) is 24.6 Å². The summed E-state index contributed by atoms with van der Waals surface area (Å²) < 4.78 is 30.0. The molecule has 32 heavy (non-hydrogen) atoms. The molecule has 0 aliphatic heterocycles. The third-order valence-corrected chi connectivity index (χ3v) is 5.68. The van der Waals surface area contributed by atoms with E-state index in [0.717, 1.165) is 29.7 Å². The molecule has 1 fully saturated rings. The molecule has 8 nitrogen and oxygen atoms in total. The molecule has 3 heterocycles. The van der Waals surface area contributed by atoms with Gasteiger partial charge >= 0.3 is 0 Å². The molecule has 0 aromatic carbocycles. The van der Waals surface area contributed by atoms with Crippen LogP contribution >= 0.6 is 0 Å². The second-order valence-electron chi connectivity index (χ2n) is 8.75. The zero-order chi connectivity index (χ0) is 22.7. The van der Waals surface area contributed by atoms with Crippen molar-refractivity contribution in [3.63, 3.8) is 0 Å². The number of halogens is 2. The number of aliphatic hydroxyl groups is 1. The van der Waals surface area contributed by atoms with Crippen molar-refractivity contribution < 1.29 is 13.9 Å². The molecule has 3 aromatic heterocycles. The van der Waals surface area contributed by atoms with Crippen LogP contribution in [0.15, 0.2) is 36.8 Å². The zero-order valence-electron chi connectivity index (χ0n) is 18.2. The lowest BCUT2D eigenvalue weighted by Crippen LogP contribution is -2.40. The van der Waals surface area contributed by atoms with E-state index in [9.17, 15) is 13.9 Å². The van der Waals surface area contributed by atoms with Gasteiger partial charge in [0.2, 0.25) is 0 Å². The Kier molecular flexibility index (Phi) is 6.52. The first-order valence-electron chi connectivity index (χ1n) is 10.8. The van der Waals surface area contributed by atoms with Gasteiger partial charge in [-0.1, -0.05) is 0 Å². The van der Waals surface area contributed by atoms with Gasteiger partial charge in [-0.05, 0) is 45.2 Å². The summed E-state index contributed by atoms with van der Waals surface area (Å²) in [5.41, 5.74) is 0.830. The molecule has 3 atom stereocenters. The van der Waals surface area contributed by atoms with Crippen molar-refractivity contribution in [2.24, 2.45) is 0 Å². The van der Waals surface area contributed by atoms with Gasteiger partial charge in [-0.25, -0.2) is 23.3 Å². The minimum atomic E-state index is -1.42. The lowest BCUT2D eigenvalue weighted by Gasteiger charge is -2.23. The van der Waals surface area contributed by atoms with Crippen LogP contribution < -0.4 is 16.0 Å². The van der Waals surface area contributed by atoms with E-state index < -0.39 is 17.9 Å². The normalized spacial score (nSPS) is 19.9. The van der Waals surface area contributed by atoms with Crippen LogP contribution in [0.4, 0.5) is 26.1 Å². The largest absolute Gasteiger partial charge is 0.387 e. The fourth-order valence-corrected chi connectivity index (χ4v) is 3.70. The molecule has 3 unspecified atom stereocenters. The monoisotopic (exact) mass is 445 g/mol. The highest BCUT2D eigenvalue weighted by Gasteiger charge is 2.28. The van der Waals surface area contributed by atoms with E-state index in [1.165, 1.54) is 13.8 Å². The highest BCUT2D eigenvalue weighted by molar-refractivity contribution is 5.62. The van der Waals surface area contributed by atoms with Crippen LogP contribution in [-0.2, 0) is 6.54 Å². The molecule has 1 aliphatic carbocycles. The molecule has 0 amide bonds. The van der Waals surface area contributed by atoms with Gasteiger partial charge in [-0.15, -0.1) is 5.10 Å². The summed E-state index contributed by atoms with van der Waals surface area (Å²) in [5, 5.41) is 23.7. The van der Waals surface area contributed by atoms with E-state index in [4.69, 9.17) is 0 Å². The Morgan fingerprint density at radius 1 is 1.25 bits per heavy atom. The topological polar surface area (TPSA) is 99.4 Å². The van der Waals surface area contributed by atoms with E-state index >= 15 is 0 Å². The van der Waals surface area contributed by atoms with Gasteiger partial charge in [0.15, 0.2) is 11.5 Å². The maximum Gasteiger partial charge on any atom is 0.153 e. The van der Waals surface area contributed by atoms with Crippen molar-refractivity contribution >= 4 is 23.0 Å². The summed E-state index contributed by atoms with van der Waals surface area (Å²) in [6.07, 6.45) is 4.92. The first kappa shape index (κ1) is 22.3. The smallest absolute Gasteiger partial charge is 0.153 e. The van der Waals surface area contributed by atoms with E-state index in [-0.39, 0.29) is 12.6 Å². The molecule has 0 spiro atoms. The Morgan fingerprint density at radius 2 is 2.09 bits per heavy atom. The minimum absolute atomic E-state index is 0.00700. The van der Waals surface area contributed by atoms with Gasteiger partial charge in [0.1, 0.15) is 18.2 Å². The number of alkyl halides is 2. The number of pyridine rings is 1. The third-order valence-electron chi connectivity index (χ3n) is 5.68. The van der Waals surface area contributed by atoms with E-state index in [1.807, 2.05) is 12.1 Å². The molecule has 1 aliphatic rings. The second-order valence-corrected chi connectivity index (χ2v) is 8.75. The molecule has 1 saturated carbocycles. The van der Waals surface area contributed by atoms with Gasteiger partial charge in [0.25, 0.3) is 0 Å². The van der Waals surface area contributed by atoms with Gasteiger partial charge in [0, 0.05) is 49.0 Å². The number of nitrogens with one attached hydrogen (secondary N) is 3. The van der Waals surface area contributed by atoms with Crippen molar-refractivity contribution in [1.29, 1.82) is 0 Å². The Hall–Kier alpha value is -2.85. The van der Waals surface area contributed by atoms with Gasteiger partial charge < -0.3 is 21.1 Å². The summed E-state index contributed by atoms with van der Waals surface area (Å²) in [6.45, 7) is 3.19. The van der Waals surface area contributed by atoms with Gasteiger partial charge in [0.05, 0.1) is 11.6 Å². The number of hydrogen-bond acceptors (Lipinski definition) is 7. The lowest BCUT2D eigenvalue weighted by molar-refractivity contribution is -0.00239. The lowest BCUT2D eigenvalue weighted by atomic mass is 10.0. The number of imidazole rings is 1. The summed E-state index contributed by atoms with van der Waals surface area (Å²) in [4.78, 5) is 8.62. The Balaban J connectivity index is 1.51. The van der Waals surface area contributed by atoms with Gasteiger partial charge in [-0.3, -0.25) is 0 Å². The van der Waals surface area contributed by atoms with Crippen molar-refractivity contribution in [2.45, 2.75) is 63.6 Å². The molecular formula is C22H29F2N7O. The first-order chi connectivity index (χ1) is 15.3. The molecule has 0 radical (unpaired) electrons. The molecule has 0 saturated heterocycles. The molecule has 0 bridgehead atoms. The number of fused-ring (bicyclic) bond motifs is 1. The fourth-order valence-electron chi connectivity index (χ4n) is 3.70. The van der Waals surface area contributed by atoms with Crippen LogP contribution in [0.5, 0.6) is 0 Å². The molecule has 3 aromatic rings. The molecule has 4 rings (SSSR count). The number of nitrogens with zero attached hydrogens (tertiary/aromatic N) is 4. The Bertz CT molecular complexity index is 1050. The highest BCUT2D eigenvalue weighted by Crippen LogP contribution is 2.28. The van der Waals surface area contributed by atoms with E-state index in [1.54, 1.807) is 29.2 Å². The van der Waals surface area contributed by atoms with Crippen LogP contribution in [0.25, 0.3) is 5.65 Å². The maximum atomic E-state index is 14.3. The second kappa shape index (κ2) is 9.33. The average Bonchev–Trinajstić information content (AvgIpc) is 3.37. The number of anilines is 3. The summed E-state index contributed by atoms with van der Waals surface area (Å²) in [5.74, 6) is 1.14. The Labute approximate surface area is 185 Å². The SMILES string of the molecule is CC(C)(O)C(F)CNCc1cnc(Nc2ccc3nccn3n2)cc1NC1CCCC1F. The maximum absolute atomic E-state index is 14.3. The summed E-state index contributed by atoms with van der Waals surface area (Å²) in [6, 6.07) is 5.19. The predicted molar refractivity (Wildman–Crippen MR) is 120 cm³/mol. The van der Waals surface area contributed by atoms with Crippen LogP contribution in [0, 0.1) is 0 Å².